The molecule has 0 fully saturated rings. The predicted molar refractivity (Wildman–Crippen MR) is 99.9 cm³/mol. The maximum Gasteiger partial charge on any atom is 0.255 e. The van der Waals surface area contributed by atoms with Crippen molar-refractivity contribution in [1.82, 2.24) is 19.3 Å². The number of nitrogens with zero attached hydrogens (tertiary/aromatic N) is 4. The number of nitrogens with one attached hydrogen (secondary N) is 1. The average molecular weight is 396 g/mol. The lowest BCUT2D eigenvalue weighted by atomic mass is 10.1. The summed E-state index contributed by atoms with van der Waals surface area (Å²) in [4.78, 5) is 16.8. The van der Waals surface area contributed by atoms with Crippen molar-refractivity contribution in [1.29, 1.82) is 0 Å². The van der Waals surface area contributed by atoms with Crippen LogP contribution in [-0.4, -0.2) is 25.2 Å². The molecule has 7 heteroatoms. The summed E-state index contributed by atoms with van der Waals surface area (Å²) in [5.41, 5.74) is 2.26. The highest BCUT2D eigenvalue weighted by Gasteiger charge is 2.09. The van der Waals surface area contributed by atoms with Gasteiger partial charge in [0.2, 0.25) is 0 Å². The van der Waals surface area contributed by atoms with Crippen molar-refractivity contribution in [2.75, 3.05) is 5.32 Å². The first kappa shape index (κ1) is 15.6. The minimum atomic E-state index is -0.167. The number of hydrogen-bond donors (Lipinski definition) is 1. The summed E-state index contributed by atoms with van der Waals surface area (Å²) in [6, 6.07) is 11.3. The largest absolute Gasteiger partial charge is 0.351 e. The van der Waals surface area contributed by atoms with Gasteiger partial charge in [0.15, 0.2) is 5.82 Å². The molecule has 1 N–H and O–H groups in total. The smallest absolute Gasteiger partial charge is 0.255 e. The van der Waals surface area contributed by atoms with E-state index in [0.29, 0.717) is 17.1 Å². The minimum Gasteiger partial charge on any atom is -0.351 e. The second-order valence-corrected chi connectivity index (χ2v) is 6.58. The Balaban J connectivity index is 1.54. The molecular formula is C18H14BrN5O. The molecule has 124 valence electrons. The maximum absolute atomic E-state index is 12.5. The number of aryl methyl sites for hydroxylation is 1. The molecule has 0 saturated carbocycles. The van der Waals surface area contributed by atoms with E-state index in [1.807, 2.05) is 48.3 Å². The minimum absolute atomic E-state index is 0.167. The number of anilines is 1. The van der Waals surface area contributed by atoms with Gasteiger partial charge < -0.3 is 9.88 Å². The zero-order valence-electron chi connectivity index (χ0n) is 13.3. The summed E-state index contributed by atoms with van der Waals surface area (Å²) in [5.74, 6) is 0.508. The third kappa shape index (κ3) is 3.06. The van der Waals surface area contributed by atoms with Crippen molar-refractivity contribution < 1.29 is 4.79 Å². The van der Waals surface area contributed by atoms with Crippen LogP contribution in [0.2, 0.25) is 0 Å². The number of halogens is 1. The zero-order valence-corrected chi connectivity index (χ0v) is 14.9. The highest BCUT2D eigenvalue weighted by atomic mass is 79.9. The Hall–Kier alpha value is -2.93. The van der Waals surface area contributed by atoms with Crippen LogP contribution in [0.5, 0.6) is 0 Å². The third-order valence-corrected chi connectivity index (χ3v) is 4.35. The summed E-state index contributed by atoms with van der Waals surface area (Å²) in [5, 5.41) is 8.15. The number of carbonyl (C=O) groups excluding carboxylic acids is 1. The SMILES string of the molecule is Cn1ccc2ccc(C(=O)Nc3ccc(-n4cc(Br)cn4)nc3)cc21. The Bertz CT molecular complexity index is 1060. The second-order valence-electron chi connectivity index (χ2n) is 5.66. The van der Waals surface area contributed by atoms with E-state index in [1.165, 1.54) is 0 Å². The van der Waals surface area contributed by atoms with E-state index in [1.54, 1.807) is 29.2 Å². The highest BCUT2D eigenvalue weighted by Crippen LogP contribution is 2.18. The molecule has 3 heterocycles. The van der Waals surface area contributed by atoms with Crippen LogP contribution in [0.3, 0.4) is 0 Å². The summed E-state index contributed by atoms with van der Waals surface area (Å²) >= 11 is 3.35. The van der Waals surface area contributed by atoms with Crippen LogP contribution in [0.15, 0.2) is 65.7 Å². The molecule has 0 bridgehead atoms. The molecule has 0 spiro atoms. The number of aromatic nitrogens is 4. The molecule has 0 aliphatic carbocycles. The average Bonchev–Trinajstić information content (AvgIpc) is 3.21. The molecule has 0 saturated heterocycles. The van der Waals surface area contributed by atoms with Gasteiger partial charge in [-0.2, -0.15) is 5.10 Å². The molecule has 25 heavy (non-hydrogen) atoms. The standard InChI is InChI=1S/C18H14BrN5O/c1-23-7-6-12-2-3-13(8-16(12)23)18(25)22-15-4-5-17(20-10-15)24-11-14(19)9-21-24/h2-11H,1H3,(H,22,25). The first-order valence-corrected chi connectivity index (χ1v) is 8.42. The van der Waals surface area contributed by atoms with E-state index in [0.717, 1.165) is 15.4 Å². The summed E-state index contributed by atoms with van der Waals surface area (Å²) in [6.45, 7) is 0. The number of benzene rings is 1. The van der Waals surface area contributed by atoms with Crippen molar-refractivity contribution in [3.63, 3.8) is 0 Å². The van der Waals surface area contributed by atoms with Gasteiger partial charge in [-0.15, -0.1) is 0 Å². The van der Waals surface area contributed by atoms with E-state index in [9.17, 15) is 4.79 Å². The summed E-state index contributed by atoms with van der Waals surface area (Å²) < 4.78 is 4.52. The lowest BCUT2D eigenvalue weighted by molar-refractivity contribution is 0.102. The van der Waals surface area contributed by atoms with E-state index in [-0.39, 0.29) is 5.91 Å². The van der Waals surface area contributed by atoms with Crippen LogP contribution in [-0.2, 0) is 7.05 Å². The number of amides is 1. The molecule has 0 atom stereocenters. The maximum atomic E-state index is 12.5. The molecule has 1 amide bonds. The van der Waals surface area contributed by atoms with Crippen LogP contribution in [0, 0.1) is 0 Å². The lowest BCUT2D eigenvalue weighted by Gasteiger charge is -2.07. The molecule has 3 aromatic heterocycles. The highest BCUT2D eigenvalue weighted by molar-refractivity contribution is 9.10. The Morgan fingerprint density at radius 3 is 2.76 bits per heavy atom. The number of fused-ring (bicyclic) bond motifs is 1. The second kappa shape index (κ2) is 6.18. The van der Waals surface area contributed by atoms with Crippen molar-refractivity contribution >= 4 is 38.4 Å². The Kier molecular flexibility index (Phi) is 3.85. The molecule has 0 radical (unpaired) electrons. The topological polar surface area (TPSA) is 64.7 Å². The quantitative estimate of drug-likeness (QED) is 0.573. The molecule has 0 aliphatic heterocycles. The molecule has 4 rings (SSSR count). The van der Waals surface area contributed by atoms with Crippen LogP contribution < -0.4 is 5.32 Å². The van der Waals surface area contributed by atoms with Gasteiger partial charge >= 0.3 is 0 Å². The number of pyridine rings is 1. The Morgan fingerprint density at radius 1 is 1.16 bits per heavy atom. The third-order valence-electron chi connectivity index (χ3n) is 3.94. The number of carbonyl (C=O) groups is 1. The fourth-order valence-electron chi connectivity index (χ4n) is 2.63. The van der Waals surface area contributed by atoms with Gasteiger partial charge in [-0.1, -0.05) is 6.07 Å². The molecule has 0 unspecified atom stereocenters. The fraction of sp³-hybridized carbons (Fsp3) is 0.0556. The normalized spacial score (nSPS) is 11.0. The lowest BCUT2D eigenvalue weighted by Crippen LogP contribution is -2.12. The van der Waals surface area contributed by atoms with Crippen molar-refractivity contribution in [2.45, 2.75) is 0 Å². The monoisotopic (exact) mass is 395 g/mol. The van der Waals surface area contributed by atoms with Crippen LogP contribution >= 0.6 is 15.9 Å². The van der Waals surface area contributed by atoms with Crippen LogP contribution in [0.4, 0.5) is 5.69 Å². The van der Waals surface area contributed by atoms with Crippen molar-refractivity contribution in [3.8, 4) is 5.82 Å². The first-order valence-electron chi connectivity index (χ1n) is 7.63. The molecule has 0 aliphatic rings. The molecule has 4 aromatic rings. The van der Waals surface area contributed by atoms with Crippen LogP contribution in [0.1, 0.15) is 10.4 Å². The van der Waals surface area contributed by atoms with Gasteiger partial charge in [-0.05, 0) is 51.6 Å². The van der Waals surface area contributed by atoms with Crippen molar-refractivity contribution in [3.05, 3.63) is 71.2 Å². The van der Waals surface area contributed by atoms with E-state index in [2.05, 4.69) is 31.3 Å². The number of rotatable bonds is 3. The van der Waals surface area contributed by atoms with Gasteiger partial charge in [-0.25, -0.2) is 9.67 Å². The van der Waals surface area contributed by atoms with Gasteiger partial charge in [0.25, 0.3) is 5.91 Å². The Morgan fingerprint density at radius 2 is 2.04 bits per heavy atom. The van der Waals surface area contributed by atoms with Gasteiger partial charge in [-0.3, -0.25) is 4.79 Å². The van der Waals surface area contributed by atoms with Gasteiger partial charge in [0.05, 0.1) is 22.6 Å². The predicted octanol–water partition coefficient (Wildman–Crippen LogP) is 3.77. The summed E-state index contributed by atoms with van der Waals surface area (Å²) in [7, 11) is 1.96. The first-order chi connectivity index (χ1) is 12.1. The van der Waals surface area contributed by atoms with Gasteiger partial charge in [0, 0.05) is 30.5 Å². The van der Waals surface area contributed by atoms with E-state index in [4.69, 9.17) is 0 Å². The molecule has 6 nitrogen and oxygen atoms in total. The summed E-state index contributed by atoms with van der Waals surface area (Å²) in [6.07, 6.45) is 7.10. The van der Waals surface area contributed by atoms with Crippen molar-refractivity contribution in [2.24, 2.45) is 7.05 Å². The number of hydrogen-bond acceptors (Lipinski definition) is 3. The van der Waals surface area contributed by atoms with Crippen LogP contribution in [0.25, 0.3) is 16.7 Å². The fourth-order valence-corrected chi connectivity index (χ4v) is 2.91. The van der Waals surface area contributed by atoms with E-state index >= 15 is 0 Å². The van der Waals surface area contributed by atoms with E-state index < -0.39 is 0 Å². The molecule has 1 aromatic carbocycles. The van der Waals surface area contributed by atoms with Gasteiger partial charge in [0.1, 0.15) is 0 Å². The zero-order chi connectivity index (χ0) is 17.4. The Labute approximate surface area is 152 Å². The molecular weight excluding hydrogens is 382 g/mol.